The van der Waals surface area contributed by atoms with Crippen molar-refractivity contribution in [2.75, 3.05) is 0 Å². The summed E-state index contributed by atoms with van der Waals surface area (Å²) in [5.41, 5.74) is 1.11. The smallest absolute Gasteiger partial charge is 0.195 e. The molecule has 1 saturated heterocycles. The van der Waals surface area contributed by atoms with Crippen molar-refractivity contribution in [3.8, 4) is 0 Å². The molecule has 0 aromatic carbocycles. The Morgan fingerprint density at radius 2 is 1.32 bits per heavy atom. The van der Waals surface area contributed by atoms with Gasteiger partial charge in [-0.25, -0.2) is 0 Å². The zero-order chi connectivity index (χ0) is 14.5. The predicted octanol–water partition coefficient (Wildman–Crippen LogP) is 5.32. The highest BCUT2D eigenvalue weighted by molar-refractivity contribution is 5.02. The summed E-state index contributed by atoms with van der Waals surface area (Å²) in [7, 11) is 0. The lowest BCUT2D eigenvalue weighted by Gasteiger charge is -2.57. The normalized spacial score (nSPS) is 27.3. The van der Waals surface area contributed by atoms with E-state index in [4.69, 9.17) is 9.78 Å². The third-order valence-electron chi connectivity index (χ3n) is 6.12. The molecule has 0 aromatic rings. The molecule has 1 saturated carbocycles. The van der Waals surface area contributed by atoms with Crippen molar-refractivity contribution < 1.29 is 9.78 Å². The third kappa shape index (κ3) is 2.35. The minimum Gasteiger partial charge on any atom is -0.195 e. The summed E-state index contributed by atoms with van der Waals surface area (Å²) in [6, 6.07) is 0. The quantitative estimate of drug-likeness (QED) is 0.500. The van der Waals surface area contributed by atoms with Crippen LogP contribution in [0.3, 0.4) is 0 Å². The molecular weight excluding hydrogens is 236 g/mol. The summed E-state index contributed by atoms with van der Waals surface area (Å²) < 4.78 is 0. The van der Waals surface area contributed by atoms with E-state index in [1.165, 1.54) is 25.7 Å². The summed E-state index contributed by atoms with van der Waals surface area (Å²) in [6.45, 7) is 16.7. The van der Waals surface area contributed by atoms with E-state index in [0.717, 1.165) is 6.42 Å². The molecule has 1 heterocycles. The number of hydrogen-bond acceptors (Lipinski definition) is 2. The Kier molecular flexibility index (Phi) is 3.59. The van der Waals surface area contributed by atoms with Crippen LogP contribution in [0.5, 0.6) is 0 Å². The Hall–Kier alpha value is -0.0800. The van der Waals surface area contributed by atoms with Crippen LogP contribution in [-0.2, 0) is 9.78 Å². The van der Waals surface area contributed by atoms with E-state index in [-0.39, 0.29) is 5.79 Å². The van der Waals surface area contributed by atoms with Gasteiger partial charge in [0.05, 0.1) is 0 Å². The lowest BCUT2D eigenvalue weighted by molar-refractivity contribution is -0.0826. The van der Waals surface area contributed by atoms with Gasteiger partial charge < -0.3 is 0 Å². The van der Waals surface area contributed by atoms with Gasteiger partial charge in [-0.15, -0.1) is 0 Å². The molecular formula is C17H32O2. The maximum atomic E-state index is 5.32. The highest BCUT2D eigenvalue weighted by Crippen LogP contribution is 2.62. The van der Waals surface area contributed by atoms with Gasteiger partial charge in [0, 0.05) is 12.3 Å². The Morgan fingerprint density at radius 3 is 1.58 bits per heavy atom. The van der Waals surface area contributed by atoms with Gasteiger partial charge in [-0.05, 0) is 41.9 Å². The van der Waals surface area contributed by atoms with Crippen molar-refractivity contribution >= 4 is 0 Å². The van der Waals surface area contributed by atoms with E-state index in [1.54, 1.807) is 0 Å². The van der Waals surface area contributed by atoms with Gasteiger partial charge in [0.2, 0.25) is 5.79 Å². The van der Waals surface area contributed by atoms with Crippen molar-refractivity contribution in [3.05, 3.63) is 0 Å². The number of rotatable bonds is 2. The van der Waals surface area contributed by atoms with Crippen LogP contribution in [-0.4, -0.2) is 5.79 Å². The van der Waals surface area contributed by atoms with Crippen LogP contribution in [0.15, 0.2) is 0 Å². The van der Waals surface area contributed by atoms with Gasteiger partial charge in [0.15, 0.2) is 0 Å². The highest BCUT2D eigenvalue weighted by atomic mass is 17.4. The largest absolute Gasteiger partial charge is 0.236 e. The van der Waals surface area contributed by atoms with Crippen molar-refractivity contribution in [1.29, 1.82) is 0 Å². The fourth-order valence-corrected chi connectivity index (χ4v) is 4.77. The van der Waals surface area contributed by atoms with E-state index < -0.39 is 0 Å². The molecule has 1 aliphatic heterocycles. The topological polar surface area (TPSA) is 25.1 Å². The van der Waals surface area contributed by atoms with Gasteiger partial charge in [-0.2, -0.15) is 9.78 Å². The average Bonchev–Trinajstić information content (AvgIpc) is 3.07. The second kappa shape index (κ2) is 4.46. The van der Waals surface area contributed by atoms with Crippen LogP contribution in [0.25, 0.3) is 0 Å². The van der Waals surface area contributed by atoms with Gasteiger partial charge in [-0.1, -0.05) is 48.5 Å². The molecule has 0 unspecified atom stereocenters. The molecule has 112 valence electrons. The van der Waals surface area contributed by atoms with Gasteiger partial charge >= 0.3 is 0 Å². The maximum absolute atomic E-state index is 5.32. The molecule has 0 bridgehead atoms. The predicted molar refractivity (Wildman–Crippen MR) is 78.5 cm³/mol. The van der Waals surface area contributed by atoms with E-state index in [9.17, 15) is 0 Å². The second-order valence-corrected chi connectivity index (χ2v) is 8.69. The fourth-order valence-electron chi connectivity index (χ4n) is 4.77. The van der Waals surface area contributed by atoms with E-state index in [1.807, 2.05) is 0 Å². The van der Waals surface area contributed by atoms with Crippen LogP contribution in [0, 0.1) is 22.2 Å². The molecule has 2 aliphatic rings. The van der Waals surface area contributed by atoms with Gasteiger partial charge in [0.1, 0.15) is 0 Å². The Balaban J connectivity index is 2.15. The minimum absolute atomic E-state index is 0.220. The third-order valence-corrected chi connectivity index (χ3v) is 6.12. The van der Waals surface area contributed by atoms with Crippen LogP contribution in [0.1, 0.15) is 80.6 Å². The summed E-state index contributed by atoms with van der Waals surface area (Å²) in [5, 5.41) is 0. The van der Waals surface area contributed by atoms with Crippen LogP contribution in [0.2, 0.25) is 0 Å². The molecule has 0 atom stereocenters. The molecule has 2 rings (SSSR count). The molecule has 0 amide bonds. The fraction of sp³-hybridized carbons (Fsp3) is 1.00. The first-order valence-corrected chi connectivity index (χ1v) is 7.95. The maximum Gasteiger partial charge on any atom is 0.236 e. The second-order valence-electron chi connectivity index (χ2n) is 8.69. The lowest BCUT2D eigenvalue weighted by atomic mass is 9.48. The van der Waals surface area contributed by atoms with Crippen molar-refractivity contribution in [2.24, 2.45) is 22.2 Å². The average molecular weight is 268 g/mol. The molecule has 0 N–H and O–H groups in total. The lowest BCUT2D eigenvalue weighted by Crippen LogP contribution is -2.49. The first kappa shape index (κ1) is 15.3. The monoisotopic (exact) mass is 268 g/mol. The van der Waals surface area contributed by atoms with E-state index in [0.29, 0.717) is 22.2 Å². The molecule has 0 spiro atoms. The Bertz CT molecular complexity index is 304. The van der Waals surface area contributed by atoms with Crippen LogP contribution < -0.4 is 0 Å². The molecule has 0 radical (unpaired) electrons. The minimum atomic E-state index is -0.220. The first-order valence-electron chi connectivity index (χ1n) is 7.95. The van der Waals surface area contributed by atoms with Gasteiger partial charge in [-0.3, -0.25) is 0 Å². The summed E-state index contributed by atoms with van der Waals surface area (Å²) in [5.74, 6) is 0.373. The summed E-state index contributed by atoms with van der Waals surface area (Å²) in [6.07, 6.45) is 6.04. The first-order chi connectivity index (χ1) is 8.58. The molecule has 0 aromatic heterocycles. The van der Waals surface area contributed by atoms with E-state index in [2.05, 4.69) is 48.5 Å². The summed E-state index contributed by atoms with van der Waals surface area (Å²) >= 11 is 0. The van der Waals surface area contributed by atoms with Crippen molar-refractivity contribution in [2.45, 2.75) is 86.4 Å². The van der Waals surface area contributed by atoms with Crippen LogP contribution in [0.4, 0.5) is 0 Å². The standard InChI is InChI=1S/C17H32O2/c1-8-17(18-19-17)13-9-11-16(12-10-13,14(2,3)4)15(5,6)7/h13H,8-12H2,1-7H3. The Labute approximate surface area is 119 Å². The molecule has 1 aliphatic carbocycles. The molecule has 2 fully saturated rings. The zero-order valence-electron chi connectivity index (χ0n) is 13.9. The molecule has 19 heavy (non-hydrogen) atoms. The Morgan fingerprint density at radius 1 is 0.895 bits per heavy atom. The van der Waals surface area contributed by atoms with Crippen LogP contribution >= 0.6 is 0 Å². The zero-order valence-corrected chi connectivity index (χ0v) is 13.9. The van der Waals surface area contributed by atoms with E-state index >= 15 is 0 Å². The molecule has 2 heteroatoms. The highest BCUT2D eigenvalue weighted by Gasteiger charge is 2.59. The molecule has 2 nitrogen and oxygen atoms in total. The SMILES string of the molecule is CCC1(C2CCC(C(C)(C)C)(C(C)(C)C)CC2)OO1. The number of hydrogen-bond donors (Lipinski definition) is 0. The van der Waals surface area contributed by atoms with Crippen molar-refractivity contribution in [3.63, 3.8) is 0 Å². The summed E-state index contributed by atoms with van der Waals surface area (Å²) in [4.78, 5) is 10.6. The van der Waals surface area contributed by atoms with Gasteiger partial charge in [0.25, 0.3) is 0 Å². The van der Waals surface area contributed by atoms with Crippen molar-refractivity contribution in [1.82, 2.24) is 0 Å².